The molecule has 1 amide bonds. The molecule has 1 aliphatic carbocycles. The average molecular weight is 240 g/mol. The number of fused-ring (bicyclic) bond motifs is 1. The minimum absolute atomic E-state index is 0. The van der Waals surface area contributed by atoms with Crippen LogP contribution in [0.4, 0.5) is 0 Å². The van der Waals surface area contributed by atoms with Crippen molar-refractivity contribution >= 4 is 18.3 Å². The molecule has 2 nitrogen and oxygen atoms in total. The molecule has 0 radical (unpaired) electrons. The molecular weight excluding hydrogens is 222 g/mol. The molecule has 1 aromatic carbocycles. The largest absolute Gasteiger partial charge is 0.349 e. The molecule has 0 spiro atoms. The van der Waals surface area contributed by atoms with Crippen molar-refractivity contribution < 1.29 is 4.79 Å². The van der Waals surface area contributed by atoms with Crippen molar-refractivity contribution in [2.45, 2.75) is 38.6 Å². The molecule has 16 heavy (non-hydrogen) atoms. The summed E-state index contributed by atoms with van der Waals surface area (Å²) in [5.41, 5.74) is 2.70. The van der Waals surface area contributed by atoms with E-state index in [4.69, 9.17) is 0 Å². The van der Waals surface area contributed by atoms with Gasteiger partial charge in [-0.3, -0.25) is 4.79 Å². The van der Waals surface area contributed by atoms with Gasteiger partial charge in [-0.1, -0.05) is 31.2 Å². The Morgan fingerprint density at radius 3 is 2.94 bits per heavy atom. The second-order valence-corrected chi connectivity index (χ2v) is 4.06. The Morgan fingerprint density at radius 2 is 2.19 bits per heavy atom. The first-order valence-electron chi connectivity index (χ1n) is 5.68. The van der Waals surface area contributed by atoms with Gasteiger partial charge in [-0.15, -0.1) is 12.4 Å². The van der Waals surface area contributed by atoms with Crippen LogP contribution in [0.3, 0.4) is 0 Å². The van der Waals surface area contributed by atoms with Crippen LogP contribution in [0.15, 0.2) is 24.3 Å². The topological polar surface area (TPSA) is 29.1 Å². The molecule has 0 saturated carbocycles. The lowest BCUT2D eigenvalue weighted by molar-refractivity contribution is -0.121. The summed E-state index contributed by atoms with van der Waals surface area (Å²) in [5, 5.41) is 3.09. The molecular formula is C13H18ClNO. The number of benzene rings is 1. The third-order valence-corrected chi connectivity index (χ3v) is 3.03. The number of rotatable bonds is 2. The summed E-state index contributed by atoms with van der Waals surface area (Å²) in [7, 11) is 0. The Hall–Kier alpha value is -1.02. The van der Waals surface area contributed by atoms with Crippen LogP contribution in [0, 0.1) is 0 Å². The molecule has 1 aliphatic rings. The fourth-order valence-electron chi connectivity index (χ4n) is 2.20. The highest BCUT2D eigenvalue weighted by Crippen LogP contribution is 2.29. The van der Waals surface area contributed by atoms with Crippen LogP contribution >= 0.6 is 12.4 Å². The molecule has 88 valence electrons. The van der Waals surface area contributed by atoms with Gasteiger partial charge in [0.1, 0.15) is 0 Å². The first kappa shape index (κ1) is 13.0. The van der Waals surface area contributed by atoms with Gasteiger partial charge >= 0.3 is 0 Å². The molecule has 0 saturated heterocycles. The van der Waals surface area contributed by atoms with Gasteiger partial charge in [0.15, 0.2) is 0 Å². The lowest BCUT2D eigenvalue weighted by Crippen LogP contribution is -2.30. The smallest absolute Gasteiger partial charge is 0.220 e. The van der Waals surface area contributed by atoms with E-state index in [2.05, 4.69) is 29.6 Å². The summed E-state index contributed by atoms with van der Waals surface area (Å²) >= 11 is 0. The highest BCUT2D eigenvalue weighted by Gasteiger charge is 2.20. The van der Waals surface area contributed by atoms with Crippen molar-refractivity contribution in [1.82, 2.24) is 5.32 Å². The maximum Gasteiger partial charge on any atom is 0.220 e. The Balaban J connectivity index is 0.00000128. The van der Waals surface area contributed by atoms with Crippen LogP contribution in [-0.2, 0) is 11.2 Å². The normalized spacial score (nSPS) is 18.2. The van der Waals surface area contributed by atoms with Gasteiger partial charge in [0.2, 0.25) is 5.91 Å². The van der Waals surface area contributed by atoms with E-state index in [0.29, 0.717) is 6.42 Å². The number of carbonyl (C=O) groups is 1. The molecule has 2 rings (SSSR count). The SMILES string of the molecule is CCC(=O)NC1CCCc2ccccc21.Cl. The zero-order valence-corrected chi connectivity index (χ0v) is 10.3. The van der Waals surface area contributed by atoms with E-state index in [1.807, 2.05) is 6.92 Å². The summed E-state index contributed by atoms with van der Waals surface area (Å²) in [6, 6.07) is 8.66. The molecule has 1 N–H and O–H groups in total. The summed E-state index contributed by atoms with van der Waals surface area (Å²) in [5.74, 6) is 0.150. The third kappa shape index (κ3) is 2.76. The Morgan fingerprint density at radius 1 is 1.44 bits per heavy atom. The summed E-state index contributed by atoms with van der Waals surface area (Å²) in [6.45, 7) is 1.89. The number of hydrogen-bond acceptors (Lipinski definition) is 1. The van der Waals surface area contributed by atoms with Crippen molar-refractivity contribution in [3.63, 3.8) is 0 Å². The van der Waals surface area contributed by atoms with E-state index >= 15 is 0 Å². The minimum atomic E-state index is 0. The van der Waals surface area contributed by atoms with Crippen molar-refractivity contribution in [1.29, 1.82) is 0 Å². The Kier molecular flexibility index (Phi) is 4.81. The van der Waals surface area contributed by atoms with Gasteiger partial charge in [-0.2, -0.15) is 0 Å². The first-order chi connectivity index (χ1) is 7.31. The number of hydrogen-bond donors (Lipinski definition) is 1. The van der Waals surface area contributed by atoms with Gasteiger partial charge in [0, 0.05) is 6.42 Å². The van der Waals surface area contributed by atoms with Gasteiger partial charge in [-0.25, -0.2) is 0 Å². The van der Waals surface area contributed by atoms with Crippen LogP contribution in [-0.4, -0.2) is 5.91 Å². The van der Waals surface area contributed by atoms with Crippen LogP contribution < -0.4 is 5.32 Å². The Labute approximate surface area is 103 Å². The van der Waals surface area contributed by atoms with E-state index < -0.39 is 0 Å². The third-order valence-electron chi connectivity index (χ3n) is 3.03. The van der Waals surface area contributed by atoms with Gasteiger partial charge < -0.3 is 5.32 Å². The van der Waals surface area contributed by atoms with E-state index in [-0.39, 0.29) is 24.4 Å². The van der Waals surface area contributed by atoms with Crippen molar-refractivity contribution in [2.24, 2.45) is 0 Å². The molecule has 1 atom stereocenters. The summed E-state index contributed by atoms with van der Waals surface area (Å²) < 4.78 is 0. The first-order valence-corrected chi connectivity index (χ1v) is 5.68. The maximum atomic E-state index is 11.4. The van der Waals surface area contributed by atoms with Gasteiger partial charge in [-0.05, 0) is 30.4 Å². The molecule has 1 unspecified atom stereocenters. The van der Waals surface area contributed by atoms with Crippen molar-refractivity contribution in [2.75, 3.05) is 0 Å². The predicted molar refractivity (Wildman–Crippen MR) is 67.8 cm³/mol. The summed E-state index contributed by atoms with van der Waals surface area (Å²) in [4.78, 5) is 11.4. The molecule has 0 fully saturated rings. The molecule has 0 aliphatic heterocycles. The van der Waals surface area contributed by atoms with Crippen LogP contribution in [0.1, 0.15) is 43.4 Å². The number of nitrogens with one attached hydrogen (secondary N) is 1. The zero-order valence-electron chi connectivity index (χ0n) is 9.53. The lowest BCUT2D eigenvalue weighted by atomic mass is 9.88. The second kappa shape index (κ2) is 5.90. The van der Waals surface area contributed by atoms with Gasteiger partial charge in [0.05, 0.1) is 6.04 Å². The molecule has 3 heteroatoms. The average Bonchev–Trinajstić information content (AvgIpc) is 2.29. The standard InChI is InChI=1S/C13H17NO.ClH/c1-2-13(15)14-12-9-5-7-10-6-3-4-8-11(10)12;/h3-4,6,8,12H,2,5,7,9H2,1H3,(H,14,15);1H. The Bertz CT molecular complexity index is 365. The molecule has 0 aromatic heterocycles. The number of carbonyl (C=O) groups excluding carboxylic acids is 1. The zero-order chi connectivity index (χ0) is 10.7. The monoisotopic (exact) mass is 239 g/mol. The van der Waals surface area contributed by atoms with Crippen LogP contribution in [0.2, 0.25) is 0 Å². The second-order valence-electron chi connectivity index (χ2n) is 4.06. The van der Waals surface area contributed by atoms with Crippen molar-refractivity contribution in [3.8, 4) is 0 Å². The predicted octanol–water partition coefficient (Wildman–Crippen LogP) is 3.01. The minimum Gasteiger partial charge on any atom is -0.349 e. The van der Waals surface area contributed by atoms with Crippen LogP contribution in [0.5, 0.6) is 0 Å². The fraction of sp³-hybridized carbons (Fsp3) is 0.462. The molecule has 1 aromatic rings. The molecule has 0 heterocycles. The lowest BCUT2D eigenvalue weighted by Gasteiger charge is -2.26. The van der Waals surface area contributed by atoms with E-state index in [0.717, 1.165) is 12.8 Å². The van der Waals surface area contributed by atoms with E-state index in [1.165, 1.54) is 17.5 Å². The fourth-order valence-corrected chi connectivity index (χ4v) is 2.20. The van der Waals surface area contributed by atoms with E-state index in [9.17, 15) is 4.79 Å². The van der Waals surface area contributed by atoms with Gasteiger partial charge in [0.25, 0.3) is 0 Å². The highest BCUT2D eigenvalue weighted by molar-refractivity contribution is 5.85. The number of aryl methyl sites for hydroxylation is 1. The van der Waals surface area contributed by atoms with E-state index in [1.54, 1.807) is 0 Å². The van der Waals surface area contributed by atoms with Crippen molar-refractivity contribution in [3.05, 3.63) is 35.4 Å². The molecule has 0 bridgehead atoms. The van der Waals surface area contributed by atoms with Crippen LogP contribution in [0.25, 0.3) is 0 Å². The summed E-state index contributed by atoms with van der Waals surface area (Å²) in [6.07, 6.45) is 3.96. The number of halogens is 1. The quantitative estimate of drug-likeness (QED) is 0.845. The highest BCUT2D eigenvalue weighted by atomic mass is 35.5. The maximum absolute atomic E-state index is 11.4. The number of amides is 1.